The number of nitrogens with zero attached hydrogens (tertiary/aromatic N) is 2. The maximum absolute atomic E-state index is 12.2. The standard InChI is InChI=1S/C11H14ClN3OS/c1-7(2)15(6-10(13)17)11(16)8-3-4-14-5-9(8)12/h3-5,7H,6H2,1-2H3,(H2,13,17). The molecule has 0 spiro atoms. The van der Waals surface area contributed by atoms with Crippen LogP contribution in [0.3, 0.4) is 0 Å². The molecule has 0 aliphatic carbocycles. The predicted molar refractivity (Wildman–Crippen MR) is 72.2 cm³/mol. The summed E-state index contributed by atoms with van der Waals surface area (Å²) in [5, 5.41) is 0.325. The van der Waals surface area contributed by atoms with Gasteiger partial charge in [-0.05, 0) is 19.9 Å². The maximum atomic E-state index is 12.2. The van der Waals surface area contributed by atoms with E-state index in [1.807, 2.05) is 13.8 Å². The highest BCUT2D eigenvalue weighted by Crippen LogP contribution is 2.17. The van der Waals surface area contributed by atoms with E-state index in [2.05, 4.69) is 4.98 Å². The molecular weight excluding hydrogens is 258 g/mol. The van der Waals surface area contributed by atoms with Crippen LogP contribution in [0.5, 0.6) is 0 Å². The number of pyridine rings is 1. The van der Waals surface area contributed by atoms with Crippen LogP contribution in [0.15, 0.2) is 18.5 Å². The van der Waals surface area contributed by atoms with Gasteiger partial charge >= 0.3 is 0 Å². The molecule has 0 unspecified atom stereocenters. The Morgan fingerprint density at radius 3 is 2.76 bits per heavy atom. The Bertz CT molecular complexity index is 436. The molecular formula is C11H14ClN3OS. The highest BCUT2D eigenvalue weighted by molar-refractivity contribution is 7.80. The van der Waals surface area contributed by atoms with Crippen molar-refractivity contribution in [3.05, 3.63) is 29.0 Å². The molecule has 1 heterocycles. The highest BCUT2D eigenvalue weighted by Gasteiger charge is 2.21. The predicted octanol–water partition coefficient (Wildman–Crippen LogP) is 1.87. The SMILES string of the molecule is CC(C)N(CC(N)=S)C(=O)c1ccncc1Cl. The number of thiocarbonyl (C=S) groups is 1. The number of halogens is 1. The van der Waals surface area contributed by atoms with Crippen LogP contribution >= 0.6 is 23.8 Å². The first-order valence-corrected chi connectivity index (χ1v) is 5.91. The van der Waals surface area contributed by atoms with Gasteiger partial charge in [-0.15, -0.1) is 0 Å². The number of aromatic nitrogens is 1. The average molecular weight is 272 g/mol. The summed E-state index contributed by atoms with van der Waals surface area (Å²) >= 11 is 10.8. The van der Waals surface area contributed by atoms with Crippen LogP contribution in [0, 0.1) is 0 Å². The van der Waals surface area contributed by atoms with Gasteiger partial charge in [-0.1, -0.05) is 23.8 Å². The molecule has 17 heavy (non-hydrogen) atoms. The number of carbonyl (C=O) groups excluding carboxylic acids is 1. The van der Waals surface area contributed by atoms with Gasteiger partial charge in [0.05, 0.1) is 22.1 Å². The van der Waals surface area contributed by atoms with Crippen molar-refractivity contribution >= 4 is 34.7 Å². The van der Waals surface area contributed by atoms with Gasteiger partial charge in [-0.3, -0.25) is 9.78 Å². The number of carbonyl (C=O) groups is 1. The van der Waals surface area contributed by atoms with Crippen LogP contribution in [0.4, 0.5) is 0 Å². The lowest BCUT2D eigenvalue weighted by molar-refractivity contribution is 0.0736. The monoisotopic (exact) mass is 271 g/mol. The van der Waals surface area contributed by atoms with Gasteiger partial charge in [0.15, 0.2) is 0 Å². The lowest BCUT2D eigenvalue weighted by Crippen LogP contribution is -2.42. The first-order chi connectivity index (χ1) is 7.93. The summed E-state index contributed by atoms with van der Waals surface area (Å²) in [7, 11) is 0. The lowest BCUT2D eigenvalue weighted by Gasteiger charge is -2.26. The van der Waals surface area contributed by atoms with Crippen LogP contribution in [0.1, 0.15) is 24.2 Å². The summed E-state index contributed by atoms with van der Waals surface area (Å²) in [6.07, 6.45) is 2.96. The van der Waals surface area contributed by atoms with Crippen molar-refractivity contribution in [2.45, 2.75) is 19.9 Å². The molecule has 0 radical (unpaired) electrons. The molecule has 0 fully saturated rings. The minimum atomic E-state index is -0.194. The smallest absolute Gasteiger partial charge is 0.256 e. The minimum Gasteiger partial charge on any atom is -0.392 e. The zero-order chi connectivity index (χ0) is 13.0. The Labute approximate surface area is 111 Å². The van der Waals surface area contributed by atoms with Gasteiger partial charge in [0.1, 0.15) is 0 Å². The van der Waals surface area contributed by atoms with Crippen molar-refractivity contribution in [3.63, 3.8) is 0 Å². The molecule has 1 amide bonds. The summed E-state index contributed by atoms with van der Waals surface area (Å²) < 4.78 is 0. The van der Waals surface area contributed by atoms with Crippen molar-refractivity contribution in [2.75, 3.05) is 6.54 Å². The van der Waals surface area contributed by atoms with E-state index in [9.17, 15) is 4.79 Å². The first kappa shape index (κ1) is 13.9. The van der Waals surface area contributed by atoms with Crippen LogP contribution in [-0.2, 0) is 0 Å². The summed E-state index contributed by atoms with van der Waals surface area (Å²) in [4.78, 5) is 17.9. The molecule has 2 N–H and O–H groups in total. The van der Waals surface area contributed by atoms with E-state index < -0.39 is 0 Å². The van der Waals surface area contributed by atoms with Gasteiger partial charge in [0.2, 0.25) is 0 Å². The maximum Gasteiger partial charge on any atom is 0.256 e. The van der Waals surface area contributed by atoms with Crippen LogP contribution < -0.4 is 5.73 Å². The Balaban J connectivity index is 3.00. The molecule has 1 aromatic heterocycles. The van der Waals surface area contributed by atoms with Gasteiger partial charge in [-0.2, -0.15) is 0 Å². The molecule has 0 aliphatic heterocycles. The molecule has 6 heteroatoms. The van der Waals surface area contributed by atoms with Gasteiger partial charge in [0, 0.05) is 18.4 Å². The summed E-state index contributed by atoms with van der Waals surface area (Å²) in [6, 6.07) is 1.58. The third-order valence-electron chi connectivity index (χ3n) is 2.21. The zero-order valence-corrected chi connectivity index (χ0v) is 11.3. The molecule has 4 nitrogen and oxygen atoms in total. The Morgan fingerprint density at radius 2 is 2.29 bits per heavy atom. The second kappa shape index (κ2) is 5.93. The van der Waals surface area contributed by atoms with Crippen molar-refractivity contribution < 1.29 is 4.79 Å². The third-order valence-corrected chi connectivity index (χ3v) is 2.64. The van der Waals surface area contributed by atoms with Crippen molar-refractivity contribution in [3.8, 4) is 0 Å². The minimum absolute atomic E-state index is 0.00627. The second-order valence-electron chi connectivity index (χ2n) is 3.85. The highest BCUT2D eigenvalue weighted by atomic mass is 35.5. The van der Waals surface area contributed by atoms with Crippen molar-refractivity contribution in [2.24, 2.45) is 5.73 Å². The van der Waals surface area contributed by atoms with E-state index >= 15 is 0 Å². The number of hydrogen-bond acceptors (Lipinski definition) is 3. The van der Waals surface area contributed by atoms with Gasteiger partial charge < -0.3 is 10.6 Å². The van der Waals surface area contributed by atoms with Crippen molar-refractivity contribution in [1.82, 2.24) is 9.88 Å². The Kier molecular flexibility index (Phi) is 4.84. The Morgan fingerprint density at radius 1 is 1.65 bits per heavy atom. The summed E-state index contributed by atoms with van der Waals surface area (Å²) in [5.41, 5.74) is 5.89. The second-order valence-corrected chi connectivity index (χ2v) is 4.78. The van der Waals surface area contributed by atoms with Crippen molar-refractivity contribution in [1.29, 1.82) is 0 Å². The number of amides is 1. The van der Waals surface area contributed by atoms with E-state index in [-0.39, 0.29) is 23.5 Å². The molecule has 1 rings (SSSR count). The summed E-state index contributed by atoms with van der Waals surface area (Å²) in [5.74, 6) is -0.194. The van der Waals surface area contributed by atoms with Crippen LogP contribution in [-0.4, -0.2) is 33.4 Å². The zero-order valence-electron chi connectivity index (χ0n) is 9.68. The first-order valence-electron chi connectivity index (χ1n) is 5.12. The van der Waals surface area contributed by atoms with E-state index in [1.165, 1.54) is 12.4 Å². The lowest BCUT2D eigenvalue weighted by atomic mass is 10.2. The normalized spacial score (nSPS) is 10.4. The molecule has 0 atom stereocenters. The quantitative estimate of drug-likeness (QED) is 0.850. The largest absolute Gasteiger partial charge is 0.392 e. The molecule has 0 saturated carbocycles. The van der Waals surface area contributed by atoms with E-state index in [0.717, 1.165) is 0 Å². The van der Waals surface area contributed by atoms with E-state index in [4.69, 9.17) is 29.6 Å². The molecule has 1 aromatic rings. The third kappa shape index (κ3) is 3.64. The number of rotatable bonds is 4. The van der Waals surface area contributed by atoms with Gasteiger partial charge in [0.25, 0.3) is 5.91 Å². The fourth-order valence-electron chi connectivity index (χ4n) is 1.36. The van der Waals surface area contributed by atoms with Crippen LogP contribution in [0.25, 0.3) is 0 Å². The van der Waals surface area contributed by atoms with Crippen LogP contribution in [0.2, 0.25) is 5.02 Å². The average Bonchev–Trinajstić information content (AvgIpc) is 2.25. The topological polar surface area (TPSA) is 59.2 Å². The number of nitrogens with two attached hydrogens (primary N) is 1. The van der Waals surface area contributed by atoms with E-state index in [1.54, 1.807) is 11.0 Å². The molecule has 0 aliphatic rings. The van der Waals surface area contributed by atoms with Gasteiger partial charge in [-0.25, -0.2) is 0 Å². The molecule has 92 valence electrons. The molecule has 0 bridgehead atoms. The molecule has 0 saturated heterocycles. The van der Waals surface area contributed by atoms with E-state index in [0.29, 0.717) is 10.6 Å². The number of hydrogen-bond donors (Lipinski definition) is 1. The fourth-order valence-corrected chi connectivity index (χ4v) is 1.70. The molecule has 0 aromatic carbocycles. The Hall–Kier alpha value is -1.20. The fraction of sp³-hybridized carbons (Fsp3) is 0.364. The summed E-state index contributed by atoms with van der Waals surface area (Å²) in [6.45, 7) is 4.03.